The van der Waals surface area contributed by atoms with E-state index in [1.807, 2.05) is 0 Å². The fourth-order valence-electron chi connectivity index (χ4n) is 1.01. The van der Waals surface area contributed by atoms with Crippen molar-refractivity contribution >= 4 is 32.4 Å². The molecule has 6 heteroatoms. The minimum absolute atomic E-state index is 0.271. The van der Waals surface area contributed by atoms with Gasteiger partial charge in [0.15, 0.2) is 9.84 Å². The summed E-state index contributed by atoms with van der Waals surface area (Å²) in [5, 5.41) is 0. The van der Waals surface area contributed by atoms with Crippen LogP contribution in [0, 0.1) is 9.39 Å². The van der Waals surface area contributed by atoms with Crippen molar-refractivity contribution in [1.29, 1.82) is 0 Å². The first-order valence-electron chi connectivity index (χ1n) is 3.60. The number of rotatable bonds is 2. The predicted octanol–water partition coefficient (Wildman–Crippen LogP) is 1.84. The second kappa shape index (κ2) is 4.01. The van der Waals surface area contributed by atoms with Crippen LogP contribution in [0.5, 0.6) is 5.75 Å². The maximum atomic E-state index is 13.2. The van der Waals surface area contributed by atoms with Crippen molar-refractivity contribution in [1.82, 2.24) is 0 Å². The summed E-state index contributed by atoms with van der Waals surface area (Å²) in [6.07, 6.45) is 0.965. The molecule has 0 atom stereocenters. The summed E-state index contributed by atoms with van der Waals surface area (Å²) < 4.78 is 40.9. The Balaban J connectivity index is 3.57. The van der Waals surface area contributed by atoms with Crippen LogP contribution in [0.2, 0.25) is 0 Å². The van der Waals surface area contributed by atoms with E-state index < -0.39 is 15.7 Å². The highest BCUT2D eigenvalue weighted by atomic mass is 127. The molecule has 0 bridgehead atoms. The van der Waals surface area contributed by atoms with Gasteiger partial charge in [-0.1, -0.05) is 0 Å². The highest BCUT2D eigenvalue weighted by molar-refractivity contribution is 14.1. The number of sulfone groups is 1. The number of methoxy groups -OCH3 is 1. The van der Waals surface area contributed by atoms with Crippen LogP contribution in [-0.4, -0.2) is 21.8 Å². The lowest BCUT2D eigenvalue weighted by molar-refractivity contribution is 0.407. The van der Waals surface area contributed by atoms with Gasteiger partial charge in [0.05, 0.1) is 10.7 Å². The minimum Gasteiger partial charge on any atom is -0.496 e. The maximum absolute atomic E-state index is 13.2. The molecule has 0 aliphatic carbocycles. The van der Waals surface area contributed by atoms with E-state index in [4.69, 9.17) is 4.74 Å². The van der Waals surface area contributed by atoms with Crippen molar-refractivity contribution < 1.29 is 17.5 Å². The smallest absolute Gasteiger partial charge is 0.179 e. The first-order valence-corrected chi connectivity index (χ1v) is 6.57. The zero-order valence-corrected chi connectivity index (χ0v) is 10.5. The van der Waals surface area contributed by atoms with Gasteiger partial charge in [-0.15, -0.1) is 0 Å². The van der Waals surface area contributed by atoms with Crippen LogP contribution in [0.1, 0.15) is 0 Å². The Labute approximate surface area is 95.3 Å². The van der Waals surface area contributed by atoms with Crippen molar-refractivity contribution in [2.24, 2.45) is 0 Å². The van der Waals surface area contributed by atoms with Crippen LogP contribution >= 0.6 is 22.6 Å². The second-order valence-electron chi connectivity index (χ2n) is 2.66. The van der Waals surface area contributed by atoms with E-state index in [1.165, 1.54) is 13.2 Å². The van der Waals surface area contributed by atoms with Gasteiger partial charge in [-0.05, 0) is 34.7 Å². The Morgan fingerprint density at radius 1 is 1.43 bits per heavy atom. The Hall–Kier alpha value is -0.370. The average Bonchev–Trinajstić information content (AvgIpc) is 2.02. The Morgan fingerprint density at radius 3 is 2.43 bits per heavy atom. The van der Waals surface area contributed by atoms with E-state index in [9.17, 15) is 12.8 Å². The highest BCUT2D eigenvalue weighted by Crippen LogP contribution is 2.29. The highest BCUT2D eigenvalue weighted by Gasteiger charge is 2.20. The monoisotopic (exact) mass is 330 g/mol. The van der Waals surface area contributed by atoms with Gasteiger partial charge in [-0.25, -0.2) is 12.8 Å². The molecule has 0 spiro atoms. The molecule has 0 saturated heterocycles. The molecule has 0 aliphatic rings. The summed E-state index contributed by atoms with van der Waals surface area (Å²) in [5.41, 5.74) is 0. The predicted molar refractivity (Wildman–Crippen MR) is 58.8 cm³/mol. The molecule has 0 aliphatic heterocycles. The van der Waals surface area contributed by atoms with Crippen LogP contribution < -0.4 is 4.74 Å². The van der Waals surface area contributed by atoms with Gasteiger partial charge in [-0.3, -0.25) is 0 Å². The zero-order chi connectivity index (χ0) is 10.9. The molecule has 1 aromatic rings. The quantitative estimate of drug-likeness (QED) is 0.778. The van der Waals surface area contributed by atoms with E-state index in [1.54, 1.807) is 22.6 Å². The molecule has 1 rings (SSSR count). The molecule has 78 valence electrons. The minimum atomic E-state index is -3.56. The molecule has 0 unspecified atom stereocenters. The van der Waals surface area contributed by atoms with E-state index in [2.05, 4.69) is 0 Å². The molecule has 0 aromatic heterocycles. The van der Waals surface area contributed by atoms with E-state index >= 15 is 0 Å². The van der Waals surface area contributed by atoms with Crippen molar-refractivity contribution in [3.05, 3.63) is 21.5 Å². The third-order valence-electron chi connectivity index (χ3n) is 1.60. The molecule has 0 amide bonds. The topological polar surface area (TPSA) is 43.4 Å². The Kier molecular flexibility index (Phi) is 3.36. The standard InChI is InChI=1S/C8H8FIO3S/c1-13-6-4-3-5(9)8(7(6)10)14(2,11)12/h3-4H,1-2H3. The van der Waals surface area contributed by atoms with Crippen LogP contribution in [0.15, 0.2) is 17.0 Å². The summed E-state index contributed by atoms with van der Waals surface area (Å²) >= 11 is 1.75. The van der Waals surface area contributed by atoms with Crippen LogP contribution in [0.4, 0.5) is 4.39 Å². The van der Waals surface area contributed by atoms with Gasteiger partial charge in [0.2, 0.25) is 0 Å². The van der Waals surface area contributed by atoms with Crippen LogP contribution in [0.25, 0.3) is 0 Å². The van der Waals surface area contributed by atoms with Crippen LogP contribution in [-0.2, 0) is 9.84 Å². The van der Waals surface area contributed by atoms with Gasteiger partial charge >= 0.3 is 0 Å². The van der Waals surface area contributed by atoms with Crippen molar-refractivity contribution in [2.45, 2.75) is 4.90 Å². The lowest BCUT2D eigenvalue weighted by Gasteiger charge is -2.08. The first-order chi connectivity index (χ1) is 6.38. The lowest BCUT2D eigenvalue weighted by atomic mass is 10.3. The number of hydrogen-bond donors (Lipinski definition) is 0. The molecule has 1 aromatic carbocycles. The average molecular weight is 330 g/mol. The third kappa shape index (κ3) is 2.17. The number of ether oxygens (including phenoxy) is 1. The molecular formula is C8H8FIO3S. The lowest BCUT2D eigenvalue weighted by Crippen LogP contribution is -2.05. The number of halogens is 2. The normalized spacial score (nSPS) is 11.4. The third-order valence-corrected chi connectivity index (χ3v) is 4.18. The van der Waals surface area contributed by atoms with Gasteiger partial charge < -0.3 is 4.74 Å². The molecule has 0 saturated carbocycles. The van der Waals surface area contributed by atoms with Gasteiger partial charge in [0.25, 0.3) is 0 Å². The summed E-state index contributed by atoms with van der Waals surface area (Å²) in [6.45, 7) is 0. The summed E-state index contributed by atoms with van der Waals surface area (Å²) in [4.78, 5) is -0.308. The SMILES string of the molecule is COc1ccc(F)c(S(C)(=O)=O)c1I. The largest absolute Gasteiger partial charge is 0.496 e. The zero-order valence-electron chi connectivity index (χ0n) is 7.54. The fraction of sp³-hybridized carbons (Fsp3) is 0.250. The summed E-state index contributed by atoms with van der Waals surface area (Å²) in [6, 6.07) is 2.48. The number of hydrogen-bond acceptors (Lipinski definition) is 3. The summed E-state index contributed by atoms with van der Waals surface area (Å²) in [5.74, 6) is -0.398. The molecule has 0 N–H and O–H groups in total. The molecular weight excluding hydrogens is 322 g/mol. The first kappa shape index (κ1) is 11.7. The van der Waals surface area contributed by atoms with E-state index in [-0.39, 0.29) is 8.47 Å². The maximum Gasteiger partial charge on any atom is 0.179 e. The Bertz CT molecular complexity index is 456. The summed E-state index contributed by atoms with van der Waals surface area (Å²) in [7, 11) is -2.16. The van der Waals surface area contributed by atoms with Crippen molar-refractivity contribution in [3.63, 3.8) is 0 Å². The Morgan fingerprint density at radius 2 is 2.00 bits per heavy atom. The molecule has 0 heterocycles. The molecule has 0 radical (unpaired) electrons. The van der Waals surface area contributed by atoms with Crippen molar-refractivity contribution in [2.75, 3.05) is 13.4 Å². The second-order valence-corrected chi connectivity index (χ2v) is 5.70. The van der Waals surface area contributed by atoms with Gasteiger partial charge in [-0.2, -0.15) is 0 Å². The molecule has 0 fully saturated rings. The fourth-order valence-corrected chi connectivity index (χ4v) is 3.72. The van der Waals surface area contributed by atoms with Gasteiger partial charge in [0, 0.05) is 6.26 Å². The van der Waals surface area contributed by atoms with Crippen molar-refractivity contribution in [3.8, 4) is 5.75 Å². The molecule has 14 heavy (non-hydrogen) atoms. The van der Waals surface area contributed by atoms with E-state index in [0.29, 0.717) is 5.75 Å². The molecule has 3 nitrogen and oxygen atoms in total. The number of benzene rings is 1. The van der Waals surface area contributed by atoms with Crippen LogP contribution in [0.3, 0.4) is 0 Å². The van der Waals surface area contributed by atoms with E-state index in [0.717, 1.165) is 12.3 Å². The van der Waals surface area contributed by atoms with Gasteiger partial charge in [0.1, 0.15) is 16.5 Å².